The third-order valence-corrected chi connectivity index (χ3v) is 3.26. The van der Waals surface area contributed by atoms with Gasteiger partial charge in [0.05, 0.1) is 17.6 Å². The molecule has 19 heavy (non-hydrogen) atoms. The number of benzene rings is 1. The molecule has 0 bridgehead atoms. The van der Waals surface area contributed by atoms with E-state index < -0.39 is 0 Å². The topological polar surface area (TPSA) is 56.0 Å². The van der Waals surface area contributed by atoms with E-state index in [0.29, 0.717) is 12.1 Å². The van der Waals surface area contributed by atoms with Crippen molar-refractivity contribution in [2.24, 2.45) is 14.1 Å². The summed E-state index contributed by atoms with van der Waals surface area (Å²) >= 11 is 0. The van der Waals surface area contributed by atoms with Gasteiger partial charge in [0.25, 0.3) is 0 Å². The molecular formula is C14H19N3O2. The van der Waals surface area contributed by atoms with Crippen LogP contribution in [-0.4, -0.2) is 27.5 Å². The molecule has 5 nitrogen and oxygen atoms in total. The SMILES string of the molecule is CC(C)NCC(=O)c1ccc2c(c1)n(C)c(=O)n2C. The number of hydrogen-bond acceptors (Lipinski definition) is 3. The van der Waals surface area contributed by atoms with Crippen molar-refractivity contribution in [1.29, 1.82) is 0 Å². The van der Waals surface area contributed by atoms with Gasteiger partial charge in [0, 0.05) is 25.7 Å². The summed E-state index contributed by atoms with van der Waals surface area (Å²) in [4.78, 5) is 23.9. The Morgan fingerprint density at radius 3 is 2.47 bits per heavy atom. The number of imidazole rings is 1. The largest absolute Gasteiger partial charge is 0.328 e. The molecule has 2 rings (SSSR count). The minimum atomic E-state index is -0.0834. The van der Waals surface area contributed by atoms with Crippen LogP contribution in [0.3, 0.4) is 0 Å². The van der Waals surface area contributed by atoms with Gasteiger partial charge in [0.15, 0.2) is 5.78 Å². The lowest BCUT2D eigenvalue weighted by Crippen LogP contribution is -2.29. The van der Waals surface area contributed by atoms with Gasteiger partial charge in [-0.15, -0.1) is 0 Å². The number of aryl methyl sites for hydroxylation is 2. The maximum Gasteiger partial charge on any atom is 0.328 e. The van der Waals surface area contributed by atoms with Gasteiger partial charge in [0.2, 0.25) is 0 Å². The van der Waals surface area contributed by atoms with E-state index in [9.17, 15) is 9.59 Å². The van der Waals surface area contributed by atoms with Crippen LogP contribution >= 0.6 is 0 Å². The van der Waals surface area contributed by atoms with E-state index in [1.165, 1.54) is 0 Å². The van der Waals surface area contributed by atoms with Crippen LogP contribution in [-0.2, 0) is 14.1 Å². The maximum atomic E-state index is 12.0. The monoisotopic (exact) mass is 261 g/mol. The van der Waals surface area contributed by atoms with Crippen molar-refractivity contribution in [3.05, 3.63) is 34.2 Å². The Bertz CT molecular complexity index is 680. The second-order valence-corrected chi connectivity index (χ2v) is 5.06. The van der Waals surface area contributed by atoms with Gasteiger partial charge in [-0.1, -0.05) is 13.8 Å². The Morgan fingerprint density at radius 2 is 1.84 bits per heavy atom. The average molecular weight is 261 g/mol. The molecule has 0 radical (unpaired) electrons. The number of rotatable bonds is 4. The quantitative estimate of drug-likeness (QED) is 0.837. The van der Waals surface area contributed by atoms with E-state index in [4.69, 9.17) is 0 Å². The number of ketones is 1. The van der Waals surface area contributed by atoms with Crippen molar-refractivity contribution < 1.29 is 4.79 Å². The molecule has 1 N–H and O–H groups in total. The van der Waals surface area contributed by atoms with Crippen LogP contribution < -0.4 is 11.0 Å². The molecule has 102 valence electrons. The Morgan fingerprint density at radius 1 is 1.21 bits per heavy atom. The number of carbonyl (C=O) groups is 1. The summed E-state index contributed by atoms with van der Waals surface area (Å²) in [6.07, 6.45) is 0. The highest BCUT2D eigenvalue weighted by atomic mass is 16.1. The Balaban J connectivity index is 2.39. The second kappa shape index (κ2) is 5.01. The van der Waals surface area contributed by atoms with Crippen LogP contribution in [0.15, 0.2) is 23.0 Å². The van der Waals surface area contributed by atoms with Crippen molar-refractivity contribution >= 4 is 16.8 Å². The summed E-state index contributed by atoms with van der Waals surface area (Å²) in [5.74, 6) is 0.0342. The Hall–Kier alpha value is -1.88. The molecule has 0 aliphatic rings. The molecule has 0 saturated carbocycles. The molecule has 0 aliphatic carbocycles. The molecule has 2 aromatic rings. The fourth-order valence-electron chi connectivity index (χ4n) is 2.08. The lowest BCUT2D eigenvalue weighted by molar-refractivity contribution is 0.0988. The predicted octanol–water partition coefficient (Wildman–Crippen LogP) is 1.06. The zero-order chi connectivity index (χ0) is 14.2. The van der Waals surface area contributed by atoms with Gasteiger partial charge in [-0.3, -0.25) is 13.9 Å². The average Bonchev–Trinajstić information content (AvgIpc) is 2.61. The molecule has 0 atom stereocenters. The highest BCUT2D eigenvalue weighted by molar-refractivity contribution is 6.00. The molecule has 0 amide bonds. The number of fused-ring (bicyclic) bond motifs is 1. The molecule has 1 heterocycles. The highest BCUT2D eigenvalue weighted by Gasteiger charge is 2.11. The van der Waals surface area contributed by atoms with Crippen LogP contribution in [0.5, 0.6) is 0 Å². The van der Waals surface area contributed by atoms with Gasteiger partial charge >= 0.3 is 5.69 Å². The zero-order valence-corrected chi connectivity index (χ0v) is 11.7. The maximum absolute atomic E-state index is 12.0. The third kappa shape index (κ3) is 2.46. The normalized spacial score (nSPS) is 11.4. The molecule has 1 aromatic carbocycles. The van der Waals surface area contributed by atoms with E-state index in [1.807, 2.05) is 19.9 Å². The molecule has 0 fully saturated rings. The zero-order valence-electron chi connectivity index (χ0n) is 11.7. The molecule has 1 aromatic heterocycles. The van der Waals surface area contributed by atoms with Crippen LogP contribution in [0.4, 0.5) is 0 Å². The van der Waals surface area contributed by atoms with Gasteiger partial charge in [-0.2, -0.15) is 0 Å². The molecule has 5 heteroatoms. The summed E-state index contributed by atoms with van der Waals surface area (Å²) in [5, 5.41) is 3.10. The lowest BCUT2D eigenvalue weighted by Gasteiger charge is -2.07. The smallest absolute Gasteiger partial charge is 0.307 e. The van der Waals surface area contributed by atoms with Crippen molar-refractivity contribution in [2.75, 3.05) is 6.54 Å². The number of hydrogen-bond donors (Lipinski definition) is 1. The first kappa shape index (κ1) is 13.5. The van der Waals surface area contributed by atoms with Gasteiger partial charge in [-0.25, -0.2) is 4.79 Å². The lowest BCUT2D eigenvalue weighted by atomic mass is 10.1. The van der Waals surface area contributed by atoms with Crippen LogP contribution in [0, 0.1) is 0 Å². The Labute approximate surface area is 111 Å². The highest BCUT2D eigenvalue weighted by Crippen LogP contribution is 2.14. The standard InChI is InChI=1S/C14H19N3O2/c1-9(2)15-8-13(18)10-5-6-11-12(7-10)17(4)14(19)16(11)3/h5-7,9,15H,8H2,1-4H3. The number of carbonyl (C=O) groups excluding carboxylic acids is 1. The van der Waals surface area contributed by atoms with Crippen LogP contribution in [0.1, 0.15) is 24.2 Å². The summed E-state index contributed by atoms with van der Waals surface area (Å²) in [5.41, 5.74) is 2.16. The van der Waals surface area contributed by atoms with E-state index >= 15 is 0 Å². The van der Waals surface area contributed by atoms with Crippen molar-refractivity contribution in [2.45, 2.75) is 19.9 Å². The van der Waals surface area contributed by atoms with Crippen molar-refractivity contribution in [3.63, 3.8) is 0 Å². The second-order valence-electron chi connectivity index (χ2n) is 5.06. The van der Waals surface area contributed by atoms with Gasteiger partial charge in [0.1, 0.15) is 0 Å². The van der Waals surface area contributed by atoms with E-state index in [-0.39, 0.29) is 17.5 Å². The minimum absolute atomic E-state index is 0.0342. The Kier molecular flexibility index (Phi) is 3.57. The molecule has 0 spiro atoms. The number of aromatic nitrogens is 2. The predicted molar refractivity (Wildman–Crippen MR) is 75.6 cm³/mol. The fraction of sp³-hybridized carbons (Fsp3) is 0.429. The third-order valence-electron chi connectivity index (χ3n) is 3.26. The van der Waals surface area contributed by atoms with Crippen molar-refractivity contribution in [1.82, 2.24) is 14.5 Å². The van der Waals surface area contributed by atoms with Crippen molar-refractivity contribution in [3.8, 4) is 0 Å². The summed E-state index contributed by atoms with van der Waals surface area (Å²) in [6.45, 7) is 4.30. The summed E-state index contributed by atoms with van der Waals surface area (Å²) in [6, 6.07) is 5.64. The van der Waals surface area contributed by atoms with E-state index in [2.05, 4.69) is 5.32 Å². The first-order valence-electron chi connectivity index (χ1n) is 6.34. The number of nitrogens with one attached hydrogen (secondary N) is 1. The summed E-state index contributed by atoms with van der Waals surface area (Å²) in [7, 11) is 3.44. The molecule has 0 unspecified atom stereocenters. The molecular weight excluding hydrogens is 242 g/mol. The number of Topliss-reactive ketones (excluding diaryl/α,β-unsaturated/α-hetero) is 1. The van der Waals surface area contributed by atoms with E-state index in [0.717, 1.165) is 11.0 Å². The van der Waals surface area contributed by atoms with Gasteiger partial charge in [-0.05, 0) is 18.2 Å². The minimum Gasteiger partial charge on any atom is -0.307 e. The van der Waals surface area contributed by atoms with Crippen LogP contribution in [0.25, 0.3) is 11.0 Å². The molecule has 0 saturated heterocycles. The molecule has 0 aliphatic heterocycles. The van der Waals surface area contributed by atoms with E-state index in [1.54, 1.807) is 35.4 Å². The summed E-state index contributed by atoms with van der Waals surface area (Å²) < 4.78 is 3.14. The number of nitrogens with zero attached hydrogens (tertiary/aromatic N) is 2. The van der Waals surface area contributed by atoms with Crippen LogP contribution in [0.2, 0.25) is 0 Å². The van der Waals surface area contributed by atoms with Gasteiger partial charge < -0.3 is 5.32 Å². The first-order valence-corrected chi connectivity index (χ1v) is 6.34. The fourth-order valence-corrected chi connectivity index (χ4v) is 2.08. The first-order chi connectivity index (χ1) is 8.91.